The van der Waals surface area contributed by atoms with E-state index in [1.807, 2.05) is 0 Å². The number of nitrogens with zero attached hydrogens (tertiary/aromatic N) is 1. The van der Waals surface area contributed by atoms with Gasteiger partial charge in [0.1, 0.15) is 0 Å². The zero-order chi connectivity index (χ0) is 8.44. The number of hydrogen-bond acceptors (Lipinski definition) is 2. The van der Waals surface area contributed by atoms with Crippen LogP contribution >= 0.6 is 0 Å². The highest BCUT2D eigenvalue weighted by molar-refractivity contribution is 5.11. The molecule has 0 aromatic carbocycles. The van der Waals surface area contributed by atoms with Gasteiger partial charge in [-0.25, -0.2) is 0 Å². The van der Waals surface area contributed by atoms with Crippen LogP contribution in [-0.4, -0.2) is 12.6 Å². The lowest BCUT2D eigenvalue weighted by molar-refractivity contribution is 0.470. The summed E-state index contributed by atoms with van der Waals surface area (Å²) >= 11 is 0. The van der Waals surface area contributed by atoms with Crippen LogP contribution in [0.4, 0.5) is 0 Å². The molecule has 0 amide bonds. The zero-order valence-corrected chi connectivity index (χ0v) is 7.47. The minimum atomic E-state index is 0.0442. The van der Waals surface area contributed by atoms with Crippen LogP contribution in [0.2, 0.25) is 0 Å². The fourth-order valence-corrected chi connectivity index (χ4v) is 1.95. The van der Waals surface area contributed by atoms with Gasteiger partial charge in [-0.15, -0.1) is 0 Å². The van der Waals surface area contributed by atoms with Crippen LogP contribution in [0.25, 0.3) is 0 Å². The van der Waals surface area contributed by atoms with Gasteiger partial charge >= 0.3 is 0 Å². The predicted molar refractivity (Wildman–Crippen MR) is 47.5 cm³/mol. The summed E-state index contributed by atoms with van der Waals surface area (Å²) in [6.07, 6.45) is 7.61. The van der Waals surface area contributed by atoms with Crippen molar-refractivity contribution in [3.63, 3.8) is 0 Å². The van der Waals surface area contributed by atoms with Crippen molar-refractivity contribution < 1.29 is 0 Å². The van der Waals surface area contributed by atoms with E-state index in [-0.39, 0.29) is 5.41 Å². The van der Waals surface area contributed by atoms with Crippen molar-refractivity contribution in [2.45, 2.75) is 44.6 Å². The van der Waals surface area contributed by atoms with Crippen molar-refractivity contribution in [3.8, 4) is 6.07 Å². The standard InChI is InChI=1S/C10H16N2/c11-7-10(5-6-10)8-12-9-3-1-2-4-9/h9,12H,1-6,8H2. The molecular formula is C10H16N2. The Kier molecular flexibility index (Phi) is 2.06. The normalized spacial score (nSPS) is 26.9. The molecule has 0 aromatic rings. The molecule has 0 bridgehead atoms. The van der Waals surface area contributed by atoms with Crippen LogP contribution in [0.1, 0.15) is 38.5 Å². The molecule has 2 heteroatoms. The molecule has 0 atom stereocenters. The van der Waals surface area contributed by atoms with Gasteiger partial charge in [-0.2, -0.15) is 5.26 Å². The second-order valence-corrected chi connectivity index (χ2v) is 4.25. The van der Waals surface area contributed by atoms with E-state index in [0.717, 1.165) is 25.4 Å². The molecule has 2 rings (SSSR count). The molecule has 0 aromatic heterocycles. The number of nitrogens with one attached hydrogen (secondary N) is 1. The maximum Gasteiger partial charge on any atom is 0.0703 e. The van der Waals surface area contributed by atoms with E-state index in [1.165, 1.54) is 25.7 Å². The minimum Gasteiger partial charge on any atom is -0.312 e. The molecule has 66 valence electrons. The monoisotopic (exact) mass is 164 g/mol. The SMILES string of the molecule is N#CC1(CNC2CCCC2)CC1. The highest BCUT2D eigenvalue weighted by Gasteiger charge is 2.43. The maximum absolute atomic E-state index is 8.84. The molecule has 0 saturated heterocycles. The minimum absolute atomic E-state index is 0.0442. The molecule has 2 aliphatic carbocycles. The van der Waals surface area contributed by atoms with Gasteiger partial charge in [-0.3, -0.25) is 0 Å². The third kappa shape index (κ3) is 1.61. The van der Waals surface area contributed by atoms with E-state index in [4.69, 9.17) is 5.26 Å². The third-order valence-electron chi connectivity index (χ3n) is 3.18. The molecule has 0 heterocycles. The first-order valence-corrected chi connectivity index (χ1v) is 4.99. The van der Waals surface area contributed by atoms with Gasteiger partial charge < -0.3 is 5.32 Å². The molecule has 0 unspecified atom stereocenters. The van der Waals surface area contributed by atoms with Crippen LogP contribution < -0.4 is 5.32 Å². The van der Waals surface area contributed by atoms with E-state index in [1.54, 1.807) is 0 Å². The number of nitriles is 1. The van der Waals surface area contributed by atoms with E-state index in [0.29, 0.717) is 0 Å². The van der Waals surface area contributed by atoms with Gasteiger partial charge in [-0.1, -0.05) is 12.8 Å². The van der Waals surface area contributed by atoms with Crippen LogP contribution in [0.15, 0.2) is 0 Å². The second-order valence-electron chi connectivity index (χ2n) is 4.25. The van der Waals surface area contributed by atoms with E-state index in [2.05, 4.69) is 11.4 Å². The summed E-state index contributed by atoms with van der Waals surface area (Å²) < 4.78 is 0. The fourth-order valence-electron chi connectivity index (χ4n) is 1.95. The average molecular weight is 164 g/mol. The summed E-state index contributed by atoms with van der Waals surface area (Å²) in [6, 6.07) is 3.13. The number of rotatable bonds is 3. The Morgan fingerprint density at radius 1 is 1.33 bits per heavy atom. The maximum atomic E-state index is 8.84. The Morgan fingerprint density at radius 2 is 2.00 bits per heavy atom. The Morgan fingerprint density at radius 3 is 2.50 bits per heavy atom. The Balaban J connectivity index is 1.71. The fraction of sp³-hybridized carbons (Fsp3) is 0.900. The summed E-state index contributed by atoms with van der Waals surface area (Å²) in [5, 5.41) is 12.4. The van der Waals surface area contributed by atoms with Gasteiger partial charge in [0.2, 0.25) is 0 Å². The Hall–Kier alpha value is -0.550. The lowest BCUT2D eigenvalue weighted by Gasteiger charge is -2.13. The molecule has 2 aliphatic rings. The smallest absolute Gasteiger partial charge is 0.0703 e. The lowest BCUT2D eigenvalue weighted by Crippen LogP contribution is -2.31. The first-order valence-electron chi connectivity index (χ1n) is 4.99. The van der Waals surface area contributed by atoms with Crippen LogP contribution in [0.3, 0.4) is 0 Å². The van der Waals surface area contributed by atoms with Gasteiger partial charge in [0.15, 0.2) is 0 Å². The molecule has 12 heavy (non-hydrogen) atoms. The molecule has 2 nitrogen and oxygen atoms in total. The molecule has 1 N–H and O–H groups in total. The van der Waals surface area contributed by atoms with Gasteiger partial charge in [0, 0.05) is 12.6 Å². The summed E-state index contributed by atoms with van der Waals surface area (Å²) in [5.41, 5.74) is 0.0442. The second kappa shape index (κ2) is 3.06. The largest absolute Gasteiger partial charge is 0.312 e. The molecule has 0 aliphatic heterocycles. The lowest BCUT2D eigenvalue weighted by atomic mass is 10.1. The third-order valence-corrected chi connectivity index (χ3v) is 3.18. The molecule has 2 fully saturated rings. The number of hydrogen-bond donors (Lipinski definition) is 1. The van der Waals surface area contributed by atoms with Crippen LogP contribution in [0.5, 0.6) is 0 Å². The quantitative estimate of drug-likeness (QED) is 0.690. The van der Waals surface area contributed by atoms with Crippen molar-refractivity contribution in [3.05, 3.63) is 0 Å². The van der Waals surface area contributed by atoms with E-state index >= 15 is 0 Å². The van der Waals surface area contributed by atoms with Gasteiger partial charge in [0.25, 0.3) is 0 Å². The highest BCUT2D eigenvalue weighted by Crippen LogP contribution is 2.44. The topological polar surface area (TPSA) is 35.8 Å². The summed E-state index contributed by atoms with van der Waals surface area (Å²) in [6.45, 7) is 0.939. The van der Waals surface area contributed by atoms with Crippen molar-refractivity contribution in [1.29, 1.82) is 5.26 Å². The van der Waals surface area contributed by atoms with E-state index in [9.17, 15) is 0 Å². The Labute approximate surface area is 74.0 Å². The van der Waals surface area contributed by atoms with E-state index < -0.39 is 0 Å². The summed E-state index contributed by atoms with van der Waals surface area (Å²) in [4.78, 5) is 0. The molecular weight excluding hydrogens is 148 g/mol. The molecule has 2 saturated carbocycles. The van der Waals surface area contributed by atoms with Gasteiger partial charge in [0.05, 0.1) is 11.5 Å². The summed E-state index contributed by atoms with van der Waals surface area (Å²) in [7, 11) is 0. The van der Waals surface area contributed by atoms with Crippen LogP contribution in [0, 0.1) is 16.7 Å². The van der Waals surface area contributed by atoms with Gasteiger partial charge in [-0.05, 0) is 25.7 Å². The zero-order valence-electron chi connectivity index (χ0n) is 7.47. The summed E-state index contributed by atoms with van der Waals surface area (Å²) in [5.74, 6) is 0. The predicted octanol–water partition coefficient (Wildman–Crippen LogP) is 1.82. The van der Waals surface area contributed by atoms with Crippen molar-refractivity contribution >= 4 is 0 Å². The van der Waals surface area contributed by atoms with Crippen LogP contribution in [-0.2, 0) is 0 Å². The average Bonchev–Trinajstić information content (AvgIpc) is 2.70. The van der Waals surface area contributed by atoms with Crippen molar-refractivity contribution in [1.82, 2.24) is 5.32 Å². The molecule has 0 radical (unpaired) electrons. The Bertz CT molecular complexity index is 194. The molecule has 0 spiro atoms. The van der Waals surface area contributed by atoms with Crippen molar-refractivity contribution in [2.75, 3.05) is 6.54 Å². The van der Waals surface area contributed by atoms with Crippen molar-refractivity contribution in [2.24, 2.45) is 5.41 Å². The highest BCUT2D eigenvalue weighted by atomic mass is 14.9. The first-order chi connectivity index (χ1) is 5.85. The first kappa shape index (κ1) is 8.07.